The van der Waals surface area contributed by atoms with Gasteiger partial charge < -0.3 is 24.6 Å². The number of benzene rings is 1. The van der Waals surface area contributed by atoms with E-state index in [1.807, 2.05) is 30.4 Å². The number of carbonyl (C=O) groups excluding carboxylic acids is 1. The van der Waals surface area contributed by atoms with E-state index >= 15 is 0 Å². The molecule has 2 aromatic rings. The second-order valence-corrected chi connectivity index (χ2v) is 8.63. The number of carboxylic acids is 1. The largest absolute Gasteiger partial charge is 0.481 e. The Balaban J connectivity index is 1.72. The number of fused-ring (bicyclic) bond motifs is 1. The van der Waals surface area contributed by atoms with Gasteiger partial charge in [-0.05, 0) is 39.7 Å². The Hall–Kier alpha value is -3.20. The maximum Gasteiger partial charge on any atom is 0.407 e. The molecule has 2 N–H and O–H groups in total. The van der Waals surface area contributed by atoms with E-state index in [-0.39, 0.29) is 12.5 Å². The summed E-state index contributed by atoms with van der Waals surface area (Å²) in [5.41, 5.74) is 1.65. The number of ether oxygens (including phenoxy) is 3. The van der Waals surface area contributed by atoms with Crippen molar-refractivity contribution in [2.75, 3.05) is 7.11 Å². The Kier molecular flexibility index (Phi) is 7.29. The third-order valence-corrected chi connectivity index (χ3v) is 4.92. The number of hydrogen-bond donors (Lipinski definition) is 2. The Morgan fingerprint density at radius 3 is 2.78 bits per heavy atom. The number of para-hydroxylation sites is 1. The highest BCUT2D eigenvalue weighted by Gasteiger charge is 2.34. The van der Waals surface area contributed by atoms with Gasteiger partial charge in [0, 0.05) is 5.56 Å². The fraction of sp³-hybridized carbons (Fsp3) is 0.478. The average Bonchev–Trinajstić information content (AvgIpc) is 2.71. The zero-order valence-corrected chi connectivity index (χ0v) is 18.7. The van der Waals surface area contributed by atoms with Crippen molar-refractivity contribution in [2.45, 2.75) is 63.9 Å². The first-order valence-electron chi connectivity index (χ1n) is 10.5. The number of alkyl carbamates (subject to hydrolysis) is 1. The standard InChI is InChI=1S/C23H29N3O6/c1-23(2,3)32-22(29)25-16-11-10-15(31-18(16)12-20(27)28)9-8-14-6-5-7-17-21(14)26-19(30-4)13-24-17/h5-9,13,15-16,18H,10-12H2,1-4H3,(H,25,29)(H,27,28)/t15-,16-,18-/m1/s1. The van der Waals surface area contributed by atoms with Gasteiger partial charge in [-0.25, -0.2) is 14.8 Å². The normalized spacial score (nSPS) is 21.4. The summed E-state index contributed by atoms with van der Waals surface area (Å²) in [6, 6.07) is 5.22. The van der Waals surface area contributed by atoms with Crippen molar-refractivity contribution in [2.24, 2.45) is 0 Å². The molecule has 1 amide bonds. The lowest BCUT2D eigenvalue weighted by Crippen LogP contribution is -2.50. The number of rotatable bonds is 6. The van der Waals surface area contributed by atoms with Gasteiger partial charge in [-0.2, -0.15) is 0 Å². The molecule has 0 aliphatic carbocycles. The molecular weight excluding hydrogens is 414 g/mol. The Morgan fingerprint density at radius 2 is 2.09 bits per heavy atom. The van der Waals surface area contributed by atoms with Crippen molar-refractivity contribution >= 4 is 29.2 Å². The lowest BCUT2D eigenvalue weighted by molar-refractivity contribution is -0.143. The second-order valence-electron chi connectivity index (χ2n) is 8.63. The van der Waals surface area contributed by atoms with Crippen LogP contribution in [0.1, 0.15) is 45.6 Å². The third kappa shape index (κ3) is 6.40. The SMILES string of the molecule is COc1cnc2cccc(C=C[C@@H]3CC[C@@H](NC(=O)OC(C)(C)C)[C@@H](CC(=O)O)O3)c2n1. The van der Waals surface area contributed by atoms with Crippen LogP contribution in [0.15, 0.2) is 30.5 Å². The highest BCUT2D eigenvalue weighted by Crippen LogP contribution is 2.25. The third-order valence-electron chi connectivity index (χ3n) is 4.92. The van der Waals surface area contributed by atoms with Crippen LogP contribution < -0.4 is 10.1 Å². The lowest BCUT2D eigenvalue weighted by atomic mass is 9.96. The fourth-order valence-corrected chi connectivity index (χ4v) is 3.53. The molecule has 1 fully saturated rings. The predicted molar refractivity (Wildman–Crippen MR) is 118 cm³/mol. The molecule has 0 saturated carbocycles. The van der Waals surface area contributed by atoms with Gasteiger partial charge in [0.05, 0.1) is 49.0 Å². The van der Waals surface area contributed by atoms with Gasteiger partial charge in [0.25, 0.3) is 0 Å². The van der Waals surface area contributed by atoms with E-state index < -0.39 is 29.8 Å². The molecule has 1 aromatic carbocycles. The highest BCUT2D eigenvalue weighted by atomic mass is 16.6. The number of carbonyl (C=O) groups is 2. The Bertz CT molecular complexity index is 1000. The van der Waals surface area contributed by atoms with E-state index in [1.54, 1.807) is 27.0 Å². The van der Waals surface area contributed by atoms with Crippen LogP contribution in [0.2, 0.25) is 0 Å². The predicted octanol–water partition coefficient (Wildman–Crippen LogP) is 3.57. The summed E-state index contributed by atoms with van der Waals surface area (Å²) in [5, 5.41) is 12.1. The van der Waals surface area contributed by atoms with Crippen LogP contribution in [0.3, 0.4) is 0 Å². The number of nitrogens with one attached hydrogen (secondary N) is 1. The monoisotopic (exact) mass is 443 g/mol. The molecule has 0 spiro atoms. The van der Waals surface area contributed by atoms with Crippen molar-refractivity contribution < 1.29 is 28.9 Å². The number of nitrogens with zero attached hydrogens (tertiary/aromatic N) is 2. The average molecular weight is 444 g/mol. The maximum atomic E-state index is 12.2. The van der Waals surface area contributed by atoms with Crippen LogP contribution in [0.4, 0.5) is 4.79 Å². The minimum atomic E-state index is -0.993. The van der Waals surface area contributed by atoms with Crippen molar-refractivity contribution in [1.29, 1.82) is 0 Å². The van der Waals surface area contributed by atoms with E-state index in [2.05, 4.69) is 15.3 Å². The summed E-state index contributed by atoms with van der Waals surface area (Å²) >= 11 is 0. The minimum absolute atomic E-state index is 0.220. The fourth-order valence-electron chi connectivity index (χ4n) is 3.53. The van der Waals surface area contributed by atoms with Gasteiger partial charge >= 0.3 is 12.1 Å². The van der Waals surface area contributed by atoms with Crippen molar-refractivity contribution in [1.82, 2.24) is 15.3 Å². The Morgan fingerprint density at radius 1 is 1.31 bits per heavy atom. The molecule has 172 valence electrons. The van der Waals surface area contributed by atoms with Crippen molar-refractivity contribution in [3.63, 3.8) is 0 Å². The molecule has 3 atom stereocenters. The number of methoxy groups -OCH3 is 1. The van der Waals surface area contributed by atoms with Crippen LogP contribution in [-0.2, 0) is 14.3 Å². The Labute approximate surface area is 186 Å². The van der Waals surface area contributed by atoms with Crippen LogP contribution in [0.5, 0.6) is 5.88 Å². The van der Waals surface area contributed by atoms with Crippen molar-refractivity contribution in [3.05, 3.63) is 36.0 Å². The number of hydrogen-bond acceptors (Lipinski definition) is 7. The summed E-state index contributed by atoms with van der Waals surface area (Å²) in [6.45, 7) is 5.31. The summed E-state index contributed by atoms with van der Waals surface area (Å²) in [6.07, 6.45) is 4.74. The van der Waals surface area contributed by atoms with E-state index in [4.69, 9.17) is 14.2 Å². The quantitative estimate of drug-likeness (QED) is 0.695. The van der Waals surface area contributed by atoms with Gasteiger partial charge in [-0.1, -0.05) is 24.3 Å². The van der Waals surface area contributed by atoms with Gasteiger partial charge in [0.1, 0.15) is 5.60 Å². The molecule has 9 nitrogen and oxygen atoms in total. The van der Waals surface area contributed by atoms with E-state index in [9.17, 15) is 14.7 Å². The van der Waals surface area contributed by atoms with Gasteiger partial charge in [0.15, 0.2) is 0 Å². The first kappa shape index (κ1) is 23.5. The molecule has 1 aliphatic heterocycles. The molecule has 1 saturated heterocycles. The van der Waals surface area contributed by atoms with Gasteiger partial charge in [-0.3, -0.25) is 4.79 Å². The molecular formula is C23H29N3O6. The maximum absolute atomic E-state index is 12.2. The van der Waals surface area contributed by atoms with Crippen LogP contribution in [0, 0.1) is 0 Å². The number of amides is 1. The molecule has 0 unspecified atom stereocenters. The molecule has 1 aliphatic rings. The summed E-state index contributed by atoms with van der Waals surface area (Å²) in [7, 11) is 1.54. The molecule has 2 heterocycles. The van der Waals surface area contributed by atoms with Crippen LogP contribution in [0.25, 0.3) is 17.1 Å². The van der Waals surface area contributed by atoms with E-state index in [0.717, 1.165) is 11.1 Å². The van der Waals surface area contributed by atoms with Crippen LogP contribution in [-0.4, -0.2) is 58.1 Å². The van der Waals surface area contributed by atoms with Gasteiger partial charge in [0.2, 0.25) is 5.88 Å². The van der Waals surface area contributed by atoms with Crippen molar-refractivity contribution in [3.8, 4) is 5.88 Å². The number of aliphatic carboxylic acids is 1. The van der Waals surface area contributed by atoms with Gasteiger partial charge in [-0.15, -0.1) is 0 Å². The summed E-state index contributed by atoms with van der Waals surface area (Å²) in [4.78, 5) is 32.3. The molecule has 9 heteroatoms. The highest BCUT2D eigenvalue weighted by molar-refractivity contribution is 5.84. The molecule has 0 bridgehead atoms. The molecule has 0 radical (unpaired) electrons. The number of carboxylic acid groups (broad SMARTS) is 1. The zero-order chi connectivity index (χ0) is 23.3. The molecule has 32 heavy (non-hydrogen) atoms. The lowest BCUT2D eigenvalue weighted by Gasteiger charge is -2.35. The molecule has 1 aromatic heterocycles. The summed E-state index contributed by atoms with van der Waals surface area (Å²) in [5.74, 6) is -0.572. The molecule has 3 rings (SSSR count). The smallest absolute Gasteiger partial charge is 0.407 e. The zero-order valence-electron chi connectivity index (χ0n) is 18.7. The van der Waals surface area contributed by atoms with E-state index in [0.29, 0.717) is 24.2 Å². The van der Waals surface area contributed by atoms with E-state index in [1.165, 1.54) is 7.11 Å². The number of aromatic nitrogens is 2. The first-order chi connectivity index (χ1) is 15.1. The van der Waals surface area contributed by atoms with Crippen LogP contribution >= 0.6 is 0 Å². The first-order valence-corrected chi connectivity index (χ1v) is 10.5. The minimum Gasteiger partial charge on any atom is -0.481 e. The summed E-state index contributed by atoms with van der Waals surface area (Å²) < 4.78 is 16.5. The second kappa shape index (κ2) is 9.95. The topological polar surface area (TPSA) is 120 Å².